The normalized spacial score (nSPS) is 11.8. The predicted octanol–water partition coefficient (Wildman–Crippen LogP) is 3.73. The molecule has 2 rings (SSSR count). The average molecular weight is 354 g/mol. The summed E-state index contributed by atoms with van der Waals surface area (Å²) in [5.41, 5.74) is 1.14. The molecule has 108 valence electrons. The second kappa shape index (κ2) is 5.93. The van der Waals surface area contributed by atoms with Crippen molar-refractivity contribution in [1.82, 2.24) is 9.78 Å². The first-order valence-corrected chi connectivity index (χ1v) is 8.84. The van der Waals surface area contributed by atoms with Crippen molar-refractivity contribution < 1.29 is 8.42 Å². The monoisotopic (exact) mass is 352 g/mol. The van der Waals surface area contributed by atoms with E-state index in [2.05, 4.69) is 5.10 Å². The van der Waals surface area contributed by atoms with Crippen LogP contribution in [0, 0.1) is 0 Å². The minimum Gasteiger partial charge on any atom is -0.248 e. The van der Waals surface area contributed by atoms with Crippen molar-refractivity contribution in [2.75, 3.05) is 0 Å². The van der Waals surface area contributed by atoms with Gasteiger partial charge in [-0.15, -0.1) is 0 Å². The van der Waals surface area contributed by atoms with Gasteiger partial charge in [-0.2, -0.15) is 5.10 Å². The summed E-state index contributed by atoms with van der Waals surface area (Å²) in [4.78, 5) is -0.129. The molecule has 1 aromatic carbocycles. The van der Waals surface area contributed by atoms with Gasteiger partial charge in [0.05, 0.1) is 12.2 Å². The van der Waals surface area contributed by atoms with Gasteiger partial charge in [-0.05, 0) is 18.1 Å². The van der Waals surface area contributed by atoms with Crippen molar-refractivity contribution in [1.29, 1.82) is 0 Å². The van der Waals surface area contributed by atoms with Crippen LogP contribution in [0.5, 0.6) is 0 Å². The van der Waals surface area contributed by atoms with E-state index in [1.165, 1.54) is 4.68 Å². The molecule has 1 aromatic heterocycles. The topological polar surface area (TPSA) is 52.0 Å². The van der Waals surface area contributed by atoms with Crippen molar-refractivity contribution >= 4 is 42.9 Å². The number of halogens is 3. The van der Waals surface area contributed by atoms with Crippen LogP contribution in [-0.4, -0.2) is 18.2 Å². The first kappa shape index (κ1) is 15.6. The first-order chi connectivity index (χ1) is 9.34. The Bertz CT molecular complexity index is 741. The standard InChI is InChI=1S/C12H11Cl3N2O2S/c1-2-10-11(20(15,18)19)12(14)17(16-10)7-8-5-3-4-6-9(8)13/h3-6H,2,7H2,1H3. The van der Waals surface area contributed by atoms with Crippen molar-refractivity contribution in [3.63, 3.8) is 0 Å². The third-order valence-electron chi connectivity index (χ3n) is 2.77. The van der Waals surface area contributed by atoms with Crippen LogP contribution in [0.15, 0.2) is 29.2 Å². The van der Waals surface area contributed by atoms with Crippen LogP contribution in [0.3, 0.4) is 0 Å². The van der Waals surface area contributed by atoms with Crippen molar-refractivity contribution in [2.24, 2.45) is 0 Å². The van der Waals surface area contributed by atoms with Crippen LogP contribution >= 0.6 is 33.9 Å². The minimum atomic E-state index is -3.93. The molecule has 0 N–H and O–H groups in total. The van der Waals surface area contributed by atoms with Gasteiger partial charge in [0, 0.05) is 15.7 Å². The molecule has 0 unspecified atom stereocenters. The summed E-state index contributed by atoms with van der Waals surface area (Å²) in [6.07, 6.45) is 0.413. The Morgan fingerprint density at radius 2 is 1.90 bits per heavy atom. The number of aromatic nitrogens is 2. The van der Waals surface area contributed by atoms with Gasteiger partial charge in [-0.1, -0.05) is 48.3 Å². The van der Waals surface area contributed by atoms with Gasteiger partial charge in [0.25, 0.3) is 9.05 Å². The summed E-state index contributed by atoms with van der Waals surface area (Å²) in [6, 6.07) is 7.20. The summed E-state index contributed by atoms with van der Waals surface area (Å²) in [5.74, 6) is 0. The number of aryl methyl sites for hydroxylation is 1. The molecule has 0 fully saturated rings. The fourth-order valence-corrected chi connectivity index (χ4v) is 3.92. The van der Waals surface area contributed by atoms with Gasteiger partial charge in [0.1, 0.15) is 10.0 Å². The highest BCUT2D eigenvalue weighted by Crippen LogP contribution is 2.30. The van der Waals surface area contributed by atoms with E-state index in [1.807, 2.05) is 18.2 Å². The minimum absolute atomic E-state index is 0.00299. The van der Waals surface area contributed by atoms with E-state index >= 15 is 0 Å². The lowest BCUT2D eigenvalue weighted by Crippen LogP contribution is -2.03. The zero-order valence-corrected chi connectivity index (χ0v) is 13.6. The highest BCUT2D eigenvalue weighted by Gasteiger charge is 2.25. The van der Waals surface area contributed by atoms with E-state index in [0.717, 1.165) is 5.56 Å². The van der Waals surface area contributed by atoms with Gasteiger partial charge in [0.15, 0.2) is 0 Å². The lowest BCUT2D eigenvalue weighted by molar-refractivity contribution is 0.608. The van der Waals surface area contributed by atoms with E-state index in [1.54, 1.807) is 13.0 Å². The molecule has 0 bridgehead atoms. The molecule has 0 aliphatic rings. The number of benzene rings is 1. The molecule has 8 heteroatoms. The van der Waals surface area contributed by atoms with Crippen LogP contribution in [-0.2, 0) is 22.0 Å². The molecule has 4 nitrogen and oxygen atoms in total. The van der Waals surface area contributed by atoms with Crippen LogP contribution in [0.2, 0.25) is 10.2 Å². The zero-order chi connectivity index (χ0) is 14.9. The maximum atomic E-state index is 11.6. The molecule has 0 radical (unpaired) electrons. The summed E-state index contributed by atoms with van der Waals surface area (Å²) in [5, 5.41) is 4.75. The van der Waals surface area contributed by atoms with Crippen molar-refractivity contribution in [3.05, 3.63) is 45.7 Å². The number of hydrogen-bond donors (Lipinski definition) is 0. The Labute approximate surface area is 131 Å². The fourth-order valence-electron chi connectivity index (χ4n) is 1.84. The largest absolute Gasteiger partial charge is 0.266 e. The third kappa shape index (κ3) is 3.11. The molecule has 2 aromatic rings. The molecule has 0 saturated heterocycles. The zero-order valence-electron chi connectivity index (χ0n) is 10.5. The second-order valence-corrected chi connectivity index (χ2v) is 7.38. The maximum Gasteiger partial charge on any atom is 0.266 e. The van der Waals surface area contributed by atoms with Crippen LogP contribution in [0.4, 0.5) is 0 Å². The molecule has 20 heavy (non-hydrogen) atoms. The van der Waals surface area contributed by atoms with E-state index in [4.69, 9.17) is 33.9 Å². The van der Waals surface area contributed by atoms with Crippen LogP contribution < -0.4 is 0 Å². The molecule has 0 saturated carbocycles. The average Bonchev–Trinajstić information content (AvgIpc) is 2.69. The molecule has 0 atom stereocenters. The Kier molecular flexibility index (Phi) is 4.64. The third-order valence-corrected chi connectivity index (χ3v) is 5.02. The number of rotatable bonds is 4. The van der Waals surface area contributed by atoms with E-state index in [9.17, 15) is 8.42 Å². The number of hydrogen-bond acceptors (Lipinski definition) is 3. The van der Waals surface area contributed by atoms with Gasteiger partial charge >= 0.3 is 0 Å². The van der Waals surface area contributed by atoms with E-state index < -0.39 is 9.05 Å². The highest BCUT2D eigenvalue weighted by atomic mass is 35.7. The van der Waals surface area contributed by atoms with Crippen LogP contribution in [0.25, 0.3) is 0 Å². The van der Waals surface area contributed by atoms with E-state index in [-0.39, 0.29) is 16.6 Å². The van der Waals surface area contributed by atoms with E-state index in [0.29, 0.717) is 17.1 Å². The summed E-state index contributed by atoms with van der Waals surface area (Å²) in [6.45, 7) is 2.06. The molecule has 1 heterocycles. The summed E-state index contributed by atoms with van der Waals surface area (Å²) >= 11 is 12.2. The molecular weight excluding hydrogens is 343 g/mol. The van der Waals surface area contributed by atoms with Gasteiger partial charge < -0.3 is 0 Å². The fraction of sp³-hybridized carbons (Fsp3) is 0.250. The van der Waals surface area contributed by atoms with Gasteiger partial charge in [0.2, 0.25) is 0 Å². The molecule has 0 amide bonds. The molecule has 0 aliphatic heterocycles. The first-order valence-electron chi connectivity index (χ1n) is 5.77. The number of nitrogens with zero attached hydrogens (tertiary/aromatic N) is 2. The summed E-state index contributed by atoms with van der Waals surface area (Å²) < 4.78 is 24.5. The SMILES string of the molecule is CCc1nn(Cc2ccccc2Cl)c(Cl)c1S(=O)(=O)Cl. The Morgan fingerprint density at radius 1 is 1.25 bits per heavy atom. The van der Waals surface area contributed by atoms with Gasteiger partial charge in [-0.3, -0.25) is 0 Å². The molecule has 0 spiro atoms. The van der Waals surface area contributed by atoms with Crippen molar-refractivity contribution in [3.8, 4) is 0 Å². The summed E-state index contributed by atoms with van der Waals surface area (Å²) in [7, 11) is 1.47. The predicted molar refractivity (Wildman–Crippen MR) is 80.2 cm³/mol. The quantitative estimate of drug-likeness (QED) is 0.787. The van der Waals surface area contributed by atoms with Crippen LogP contribution in [0.1, 0.15) is 18.2 Å². The second-order valence-electron chi connectivity index (χ2n) is 4.11. The molecular formula is C12H11Cl3N2O2S. The van der Waals surface area contributed by atoms with Crippen molar-refractivity contribution in [2.45, 2.75) is 24.8 Å². The Morgan fingerprint density at radius 3 is 2.40 bits per heavy atom. The lowest BCUT2D eigenvalue weighted by Gasteiger charge is -2.05. The smallest absolute Gasteiger partial charge is 0.248 e. The Balaban J connectivity index is 2.50. The van der Waals surface area contributed by atoms with Gasteiger partial charge in [-0.25, -0.2) is 13.1 Å². The molecule has 0 aliphatic carbocycles. The maximum absolute atomic E-state index is 11.6. The lowest BCUT2D eigenvalue weighted by atomic mass is 10.2. The Hall–Kier alpha value is -0.750. The highest BCUT2D eigenvalue weighted by molar-refractivity contribution is 8.13.